The van der Waals surface area contributed by atoms with Crippen molar-refractivity contribution in [2.75, 3.05) is 24.5 Å². The Hall–Kier alpha value is -2.17. The topological polar surface area (TPSA) is 58.1 Å². The number of aromatic nitrogens is 2. The highest BCUT2D eigenvalue weighted by molar-refractivity contribution is 5.91. The molecule has 1 aromatic heterocycles. The average molecular weight is 268 g/mol. The summed E-state index contributed by atoms with van der Waals surface area (Å²) in [5.41, 5.74) is 2.16. The molecule has 2 atom stereocenters. The minimum absolute atomic E-state index is 0.116. The molecule has 1 amide bonds. The highest BCUT2D eigenvalue weighted by atomic mass is 16.2. The van der Waals surface area contributed by atoms with Gasteiger partial charge in [0.15, 0.2) is 0 Å². The molecule has 0 saturated carbocycles. The summed E-state index contributed by atoms with van der Waals surface area (Å²) in [7, 11) is 0. The third-order valence-corrected chi connectivity index (χ3v) is 4.39. The van der Waals surface area contributed by atoms with E-state index in [1.807, 2.05) is 6.07 Å². The highest BCUT2D eigenvalue weighted by Crippen LogP contribution is 2.33. The fraction of sp³-hybridized carbons (Fsp3) is 0.400. The highest BCUT2D eigenvalue weighted by Gasteiger charge is 2.42. The third-order valence-electron chi connectivity index (χ3n) is 4.39. The van der Waals surface area contributed by atoms with Crippen molar-refractivity contribution in [1.29, 1.82) is 0 Å². The number of carbonyl (C=O) groups is 1. The fourth-order valence-electron chi connectivity index (χ4n) is 3.32. The summed E-state index contributed by atoms with van der Waals surface area (Å²) in [6, 6.07) is 6.21. The van der Waals surface area contributed by atoms with Gasteiger partial charge in [-0.1, -0.05) is 11.6 Å². The molecule has 20 heavy (non-hydrogen) atoms. The first kappa shape index (κ1) is 11.6. The zero-order valence-electron chi connectivity index (χ0n) is 11.3. The number of amides is 1. The van der Waals surface area contributed by atoms with Crippen molar-refractivity contribution < 1.29 is 4.79 Å². The molecular weight excluding hydrogens is 252 g/mol. The molecule has 2 saturated heterocycles. The van der Waals surface area contributed by atoms with Crippen molar-refractivity contribution in [1.82, 2.24) is 15.3 Å². The maximum absolute atomic E-state index is 11.8. The van der Waals surface area contributed by atoms with E-state index in [9.17, 15) is 4.79 Å². The summed E-state index contributed by atoms with van der Waals surface area (Å²) in [5.74, 6) is 1.68. The zero-order valence-corrected chi connectivity index (χ0v) is 11.3. The van der Waals surface area contributed by atoms with Gasteiger partial charge in [0.1, 0.15) is 12.1 Å². The fourth-order valence-corrected chi connectivity index (χ4v) is 3.32. The monoisotopic (exact) mass is 268 g/mol. The summed E-state index contributed by atoms with van der Waals surface area (Å²) in [6.45, 7) is 4.52. The number of hydrogen-bond acceptors (Lipinski definition) is 4. The molecule has 0 spiro atoms. The van der Waals surface area contributed by atoms with Crippen molar-refractivity contribution in [3.63, 3.8) is 0 Å². The molecule has 1 N–H and O–H groups in total. The Bertz CT molecular complexity index is 699. The van der Waals surface area contributed by atoms with Gasteiger partial charge in [0, 0.05) is 30.9 Å². The Kier molecular flexibility index (Phi) is 2.42. The molecule has 0 bridgehead atoms. The summed E-state index contributed by atoms with van der Waals surface area (Å²) in [5, 5.41) is 4.02. The third kappa shape index (κ3) is 1.66. The second-order valence-corrected chi connectivity index (χ2v) is 5.73. The Labute approximate surface area is 117 Å². The molecule has 2 aliphatic heterocycles. The van der Waals surface area contributed by atoms with Crippen molar-refractivity contribution in [3.05, 3.63) is 30.1 Å². The smallest absolute Gasteiger partial charge is 0.225 e. The van der Waals surface area contributed by atoms with Crippen LogP contribution in [0.15, 0.2) is 24.5 Å². The van der Waals surface area contributed by atoms with Crippen LogP contribution in [0.3, 0.4) is 0 Å². The molecule has 5 heteroatoms. The molecule has 4 rings (SSSR count). The SMILES string of the molecule is Cc1ccc2ncnc(N3CC4CNC(=O)C4C3)c2c1. The van der Waals surface area contributed by atoms with Gasteiger partial charge in [0.25, 0.3) is 0 Å². The van der Waals surface area contributed by atoms with E-state index in [2.05, 4.69) is 39.2 Å². The summed E-state index contributed by atoms with van der Waals surface area (Å²) in [6.07, 6.45) is 1.61. The van der Waals surface area contributed by atoms with Gasteiger partial charge in [-0.15, -0.1) is 0 Å². The van der Waals surface area contributed by atoms with E-state index in [4.69, 9.17) is 0 Å². The Balaban J connectivity index is 1.76. The molecular formula is C15H16N4O. The molecule has 2 fully saturated rings. The number of anilines is 1. The first-order valence-corrected chi connectivity index (χ1v) is 6.96. The first-order valence-electron chi connectivity index (χ1n) is 6.96. The van der Waals surface area contributed by atoms with Gasteiger partial charge in [0.05, 0.1) is 11.4 Å². The Morgan fingerprint density at radius 3 is 3.05 bits per heavy atom. The van der Waals surface area contributed by atoms with Crippen molar-refractivity contribution in [3.8, 4) is 0 Å². The van der Waals surface area contributed by atoms with Gasteiger partial charge in [-0.05, 0) is 19.1 Å². The molecule has 102 valence electrons. The lowest BCUT2D eigenvalue weighted by atomic mass is 10.0. The van der Waals surface area contributed by atoms with Crippen LogP contribution in [0.4, 0.5) is 5.82 Å². The van der Waals surface area contributed by atoms with Crippen LogP contribution >= 0.6 is 0 Å². The molecule has 3 heterocycles. The van der Waals surface area contributed by atoms with E-state index in [0.29, 0.717) is 5.92 Å². The quantitative estimate of drug-likeness (QED) is 0.842. The zero-order chi connectivity index (χ0) is 13.7. The number of benzene rings is 1. The lowest BCUT2D eigenvalue weighted by molar-refractivity contribution is -0.122. The lowest BCUT2D eigenvalue weighted by Crippen LogP contribution is -2.29. The van der Waals surface area contributed by atoms with Crippen LogP contribution in [0.25, 0.3) is 10.9 Å². The van der Waals surface area contributed by atoms with E-state index in [-0.39, 0.29) is 11.8 Å². The number of hydrogen-bond donors (Lipinski definition) is 1. The van der Waals surface area contributed by atoms with Crippen molar-refractivity contribution in [2.45, 2.75) is 6.92 Å². The van der Waals surface area contributed by atoms with Crippen LogP contribution in [-0.4, -0.2) is 35.5 Å². The second kappa shape index (κ2) is 4.16. The van der Waals surface area contributed by atoms with Gasteiger partial charge < -0.3 is 10.2 Å². The first-order chi connectivity index (χ1) is 9.72. The molecule has 2 aliphatic rings. The Morgan fingerprint density at radius 1 is 1.30 bits per heavy atom. The van der Waals surface area contributed by atoms with Crippen LogP contribution in [0.2, 0.25) is 0 Å². The van der Waals surface area contributed by atoms with Gasteiger partial charge >= 0.3 is 0 Å². The second-order valence-electron chi connectivity index (χ2n) is 5.73. The predicted molar refractivity (Wildman–Crippen MR) is 76.5 cm³/mol. The molecule has 0 aliphatic carbocycles. The molecule has 2 unspecified atom stereocenters. The predicted octanol–water partition coefficient (Wildman–Crippen LogP) is 1.12. The van der Waals surface area contributed by atoms with E-state index in [1.54, 1.807) is 6.33 Å². The molecule has 0 radical (unpaired) electrons. The van der Waals surface area contributed by atoms with E-state index < -0.39 is 0 Å². The summed E-state index contributed by atoms with van der Waals surface area (Å²) < 4.78 is 0. The van der Waals surface area contributed by atoms with Crippen LogP contribution in [0.1, 0.15) is 5.56 Å². The molecule has 1 aromatic carbocycles. The van der Waals surface area contributed by atoms with Gasteiger partial charge in [-0.3, -0.25) is 4.79 Å². The minimum Gasteiger partial charge on any atom is -0.355 e. The summed E-state index contributed by atoms with van der Waals surface area (Å²) in [4.78, 5) is 22.8. The molecule has 2 aromatic rings. The minimum atomic E-state index is 0.116. The summed E-state index contributed by atoms with van der Waals surface area (Å²) >= 11 is 0. The van der Waals surface area contributed by atoms with Crippen LogP contribution in [-0.2, 0) is 4.79 Å². The number of rotatable bonds is 1. The van der Waals surface area contributed by atoms with Gasteiger partial charge in [-0.25, -0.2) is 9.97 Å². The number of aryl methyl sites for hydroxylation is 1. The van der Waals surface area contributed by atoms with Crippen LogP contribution in [0.5, 0.6) is 0 Å². The van der Waals surface area contributed by atoms with Gasteiger partial charge in [-0.2, -0.15) is 0 Å². The number of carbonyl (C=O) groups excluding carboxylic acids is 1. The van der Waals surface area contributed by atoms with Crippen molar-refractivity contribution >= 4 is 22.6 Å². The van der Waals surface area contributed by atoms with Gasteiger partial charge in [0.2, 0.25) is 5.91 Å². The maximum Gasteiger partial charge on any atom is 0.225 e. The van der Waals surface area contributed by atoms with Crippen LogP contribution < -0.4 is 10.2 Å². The normalized spacial score (nSPS) is 25.1. The number of fused-ring (bicyclic) bond motifs is 2. The van der Waals surface area contributed by atoms with Crippen LogP contribution in [0, 0.1) is 18.8 Å². The largest absolute Gasteiger partial charge is 0.355 e. The molecule has 5 nitrogen and oxygen atoms in total. The lowest BCUT2D eigenvalue weighted by Gasteiger charge is -2.20. The Morgan fingerprint density at radius 2 is 2.20 bits per heavy atom. The number of nitrogens with zero attached hydrogens (tertiary/aromatic N) is 3. The van der Waals surface area contributed by atoms with E-state index >= 15 is 0 Å². The van der Waals surface area contributed by atoms with E-state index in [0.717, 1.165) is 36.4 Å². The van der Waals surface area contributed by atoms with E-state index in [1.165, 1.54) is 5.56 Å². The van der Waals surface area contributed by atoms with Crippen molar-refractivity contribution in [2.24, 2.45) is 11.8 Å². The standard InChI is InChI=1S/C15H16N4O/c1-9-2-3-13-11(4-9)14(18-8-17-13)19-6-10-5-16-15(20)12(10)7-19/h2-4,8,10,12H,5-7H2,1H3,(H,16,20). The average Bonchev–Trinajstić information content (AvgIpc) is 3.01. The maximum atomic E-state index is 11.8. The number of nitrogens with one attached hydrogen (secondary N) is 1.